The summed E-state index contributed by atoms with van der Waals surface area (Å²) in [7, 11) is 0. The lowest BCUT2D eigenvalue weighted by Gasteiger charge is -2.14. The van der Waals surface area contributed by atoms with E-state index in [1.807, 2.05) is 62.4 Å². The van der Waals surface area contributed by atoms with Gasteiger partial charge in [-0.25, -0.2) is 4.79 Å². The summed E-state index contributed by atoms with van der Waals surface area (Å²) in [6, 6.07) is 22.6. The molecule has 0 unspecified atom stereocenters. The number of ether oxygens (including phenoxy) is 1. The molecule has 0 atom stereocenters. The molecule has 4 heteroatoms. The first-order chi connectivity index (χ1) is 15.6. The molecule has 0 radical (unpaired) electrons. The van der Waals surface area contributed by atoms with Gasteiger partial charge in [-0.3, -0.25) is 0 Å². The predicted molar refractivity (Wildman–Crippen MR) is 127 cm³/mol. The maximum Gasteiger partial charge on any atom is 0.407 e. The smallest absolute Gasteiger partial charge is 0.407 e. The summed E-state index contributed by atoms with van der Waals surface area (Å²) in [5.74, 6) is 0.0652. The number of fused-ring (bicyclic) bond motifs is 3. The molecule has 0 fully saturated rings. The Morgan fingerprint density at radius 2 is 1.62 bits per heavy atom. The van der Waals surface area contributed by atoms with Crippen LogP contribution in [0.5, 0.6) is 0 Å². The fourth-order valence-electron chi connectivity index (χ4n) is 4.41. The first-order valence-electron chi connectivity index (χ1n) is 10.8. The number of benzene rings is 3. The van der Waals surface area contributed by atoms with Gasteiger partial charge >= 0.3 is 6.09 Å². The van der Waals surface area contributed by atoms with Crippen LogP contribution in [0.2, 0.25) is 0 Å². The number of amides is 1. The number of rotatable bonds is 6. The number of nitrogens with one attached hydrogen (secondary N) is 1. The van der Waals surface area contributed by atoms with E-state index in [1.165, 1.54) is 22.3 Å². The van der Waals surface area contributed by atoms with Crippen LogP contribution in [0.3, 0.4) is 0 Å². The number of carbonyl (C=O) groups excluding carboxylic acids is 1. The van der Waals surface area contributed by atoms with Crippen molar-refractivity contribution in [2.45, 2.75) is 26.2 Å². The number of nitrogens with zero attached hydrogens (tertiary/aromatic N) is 1. The van der Waals surface area contributed by atoms with Crippen LogP contribution in [0.25, 0.3) is 17.2 Å². The minimum atomic E-state index is -0.397. The Bertz CT molecular complexity index is 1150. The second kappa shape index (κ2) is 9.53. The Hall–Kier alpha value is -3.84. The van der Waals surface area contributed by atoms with Gasteiger partial charge in [0.15, 0.2) is 0 Å². The molecule has 4 rings (SSSR count). The molecule has 4 nitrogen and oxygen atoms in total. The van der Waals surface area contributed by atoms with Crippen molar-refractivity contribution >= 4 is 12.2 Å². The fraction of sp³-hybridized carbons (Fsp3) is 0.214. The summed E-state index contributed by atoms with van der Waals surface area (Å²) in [4.78, 5) is 12.2. The lowest BCUT2D eigenvalue weighted by molar-refractivity contribution is 0.143. The first kappa shape index (κ1) is 21.4. The van der Waals surface area contributed by atoms with Crippen LogP contribution in [0.4, 0.5) is 4.79 Å². The molecule has 0 bridgehead atoms. The summed E-state index contributed by atoms with van der Waals surface area (Å²) >= 11 is 0. The molecule has 1 aliphatic carbocycles. The average Bonchev–Trinajstić information content (AvgIpc) is 3.12. The lowest BCUT2D eigenvalue weighted by Crippen LogP contribution is -2.26. The summed E-state index contributed by atoms with van der Waals surface area (Å²) < 4.78 is 5.56. The molecule has 3 aromatic carbocycles. The van der Waals surface area contributed by atoms with Crippen molar-refractivity contribution in [2.24, 2.45) is 0 Å². The minimum absolute atomic E-state index is 0.0652. The van der Waals surface area contributed by atoms with Crippen molar-refractivity contribution in [3.8, 4) is 17.2 Å². The molecule has 1 amide bonds. The maximum absolute atomic E-state index is 12.2. The molecule has 3 aromatic rings. The summed E-state index contributed by atoms with van der Waals surface area (Å²) in [5.41, 5.74) is 8.78. The van der Waals surface area contributed by atoms with E-state index in [-0.39, 0.29) is 5.92 Å². The molecule has 0 saturated carbocycles. The van der Waals surface area contributed by atoms with Gasteiger partial charge in [-0.05, 0) is 71.3 Å². The normalized spacial score (nSPS) is 12.3. The zero-order valence-electron chi connectivity index (χ0n) is 18.4. The van der Waals surface area contributed by atoms with Crippen molar-refractivity contribution < 1.29 is 9.53 Å². The van der Waals surface area contributed by atoms with Gasteiger partial charge < -0.3 is 10.1 Å². The van der Waals surface area contributed by atoms with Crippen LogP contribution in [0, 0.1) is 25.2 Å². The summed E-state index contributed by atoms with van der Waals surface area (Å²) in [6.45, 7) is 4.83. The second-order valence-electron chi connectivity index (χ2n) is 8.08. The van der Waals surface area contributed by atoms with E-state index in [0.29, 0.717) is 25.1 Å². The quantitative estimate of drug-likeness (QED) is 0.487. The van der Waals surface area contributed by atoms with Gasteiger partial charge in [0.2, 0.25) is 0 Å². The van der Waals surface area contributed by atoms with E-state index in [2.05, 4.69) is 35.7 Å². The highest BCUT2D eigenvalue weighted by Crippen LogP contribution is 2.44. The summed E-state index contributed by atoms with van der Waals surface area (Å²) in [6.07, 6.45) is 4.38. The topological polar surface area (TPSA) is 62.1 Å². The van der Waals surface area contributed by atoms with Crippen molar-refractivity contribution in [3.05, 3.63) is 100 Å². The van der Waals surface area contributed by atoms with Gasteiger partial charge in [0.1, 0.15) is 6.61 Å². The zero-order valence-corrected chi connectivity index (χ0v) is 18.4. The van der Waals surface area contributed by atoms with E-state index < -0.39 is 6.09 Å². The molecule has 32 heavy (non-hydrogen) atoms. The van der Waals surface area contributed by atoms with Crippen LogP contribution >= 0.6 is 0 Å². The van der Waals surface area contributed by atoms with Gasteiger partial charge in [-0.15, -0.1) is 0 Å². The number of nitriles is 1. The van der Waals surface area contributed by atoms with Gasteiger partial charge in [-0.2, -0.15) is 5.26 Å². The van der Waals surface area contributed by atoms with E-state index in [0.717, 1.165) is 16.7 Å². The number of hydrogen-bond donors (Lipinski definition) is 1. The molecule has 1 aliphatic rings. The van der Waals surface area contributed by atoms with Gasteiger partial charge in [0.05, 0.1) is 11.6 Å². The standard InChI is InChI=1S/C28H26N2O2/c1-19-15-21(17-29)16-20(2)22(19)9-7-8-14-30-28(31)32-18-27-25-12-5-3-10-23(25)24-11-4-6-13-26(24)27/h3-7,9-13,15-16,27H,8,14,18H2,1-2H3,(H,30,31). The number of hydrogen-bond acceptors (Lipinski definition) is 3. The third-order valence-electron chi connectivity index (χ3n) is 5.93. The van der Waals surface area contributed by atoms with E-state index in [4.69, 9.17) is 10.00 Å². The molecule has 0 aliphatic heterocycles. The van der Waals surface area contributed by atoms with E-state index in [1.54, 1.807) is 0 Å². The van der Waals surface area contributed by atoms with Crippen molar-refractivity contribution in [2.75, 3.05) is 13.2 Å². The SMILES string of the molecule is Cc1cc(C#N)cc(C)c1C=CCCNC(=O)OCC1c2ccccc2-c2ccccc21. The number of carbonyl (C=O) groups is 1. The fourth-order valence-corrected chi connectivity index (χ4v) is 4.41. The van der Waals surface area contributed by atoms with Gasteiger partial charge in [0.25, 0.3) is 0 Å². The third-order valence-corrected chi connectivity index (χ3v) is 5.93. The van der Waals surface area contributed by atoms with Crippen molar-refractivity contribution in [1.82, 2.24) is 5.32 Å². The molecule has 1 N–H and O–H groups in total. The van der Waals surface area contributed by atoms with Crippen molar-refractivity contribution in [1.29, 1.82) is 5.26 Å². The van der Waals surface area contributed by atoms with E-state index >= 15 is 0 Å². The summed E-state index contributed by atoms with van der Waals surface area (Å²) in [5, 5.41) is 11.9. The molecule has 0 saturated heterocycles. The third kappa shape index (κ3) is 4.43. The Morgan fingerprint density at radius 3 is 2.22 bits per heavy atom. The predicted octanol–water partition coefficient (Wildman–Crippen LogP) is 6.12. The Morgan fingerprint density at radius 1 is 1.03 bits per heavy atom. The van der Waals surface area contributed by atoms with Gasteiger partial charge in [0, 0.05) is 12.5 Å². The first-order valence-corrected chi connectivity index (χ1v) is 10.8. The molecular formula is C28H26N2O2. The largest absolute Gasteiger partial charge is 0.449 e. The zero-order chi connectivity index (χ0) is 22.5. The van der Waals surface area contributed by atoms with Gasteiger partial charge in [-0.1, -0.05) is 60.7 Å². The highest BCUT2D eigenvalue weighted by molar-refractivity contribution is 5.79. The lowest BCUT2D eigenvalue weighted by atomic mass is 9.98. The second-order valence-corrected chi connectivity index (χ2v) is 8.08. The number of alkyl carbamates (subject to hydrolysis) is 1. The van der Waals surface area contributed by atoms with Crippen LogP contribution in [0.15, 0.2) is 66.7 Å². The number of aryl methyl sites for hydroxylation is 2. The molecule has 0 spiro atoms. The Kier molecular flexibility index (Phi) is 6.37. The Labute approximate surface area is 189 Å². The average molecular weight is 423 g/mol. The molecule has 0 aromatic heterocycles. The molecule has 160 valence electrons. The monoisotopic (exact) mass is 422 g/mol. The highest BCUT2D eigenvalue weighted by Gasteiger charge is 2.28. The Balaban J connectivity index is 1.29. The minimum Gasteiger partial charge on any atom is -0.449 e. The van der Waals surface area contributed by atoms with E-state index in [9.17, 15) is 4.79 Å². The maximum atomic E-state index is 12.2. The van der Waals surface area contributed by atoms with Crippen molar-refractivity contribution in [3.63, 3.8) is 0 Å². The van der Waals surface area contributed by atoms with Crippen LogP contribution in [0.1, 0.15) is 45.7 Å². The molecule has 0 heterocycles. The van der Waals surface area contributed by atoms with Crippen LogP contribution < -0.4 is 5.32 Å². The van der Waals surface area contributed by atoms with Crippen LogP contribution in [-0.2, 0) is 4.74 Å². The van der Waals surface area contributed by atoms with Crippen LogP contribution in [-0.4, -0.2) is 19.2 Å². The highest BCUT2D eigenvalue weighted by atomic mass is 16.5. The molecular weight excluding hydrogens is 396 g/mol.